The number of hydrogen-bond acceptors (Lipinski definition) is 17. The smallest absolute Gasteiger partial charge is 0.222 e. The van der Waals surface area contributed by atoms with E-state index >= 15 is 0 Å². The maximum Gasteiger partial charge on any atom is 0.222 e. The lowest BCUT2D eigenvalue weighted by Crippen LogP contribution is -3.22. The van der Waals surface area contributed by atoms with Crippen LogP contribution in [-0.4, -0.2) is 165 Å². The predicted octanol–water partition coefficient (Wildman–Crippen LogP) is 0.296. The third kappa shape index (κ3) is 22.0. The normalized spacial score (nSPS) is 15.7. The lowest BCUT2D eigenvalue weighted by atomic mass is 9.91. The Morgan fingerprint density at radius 3 is 1.19 bits per heavy atom. The lowest BCUT2D eigenvalue weighted by molar-refractivity contribution is -0.944. The van der Waals surface area contributed by atoms with Crippen LogP contribution >= 0.6 is 0 Å². The number of carbonyl (C=O) groups excluding carboxylic acids is 2. The van der Waals surface area contributed by atoms with Gasteiger partial charge >= 0.3 is 0 Å². The van der Waals surface area contributed by atoms with Crippen LogP contribution in [0.5, 0.6) is 0 Å². The van der Waals surface area contributed by atoms with Gasteiger partial charge in [0.25, 0.3) is 0 Å². The molecule has 0 bridgehead atoms. The molecule has 0 aromatic heterocycles. The molecule has 0 spiro atoms. The highest BCUT2D eigenvalue weighted by Crippen LogP contribution is 2.23. The second-order valence-corrected chi connectivity index (χ2v) is 21.2. The minimum absolute atomic E-state index is 0.193. The molecule has 2 aliphatic heterocycles. The van der Waals surface area contributed by atoms with E-state index < -0.39 is 36.7 Å². The average Bonchev–Trinajstić information content (AvgIpc) is 3.18. The summed E-state index contributed by atoms with van der Waals surface area (Å²) in [4.78, 5) is 31.7. The van der Waals surface area contributed by atoms with Gasteiger partial charge in [-0.05, 0) is 76.2 Å². The summed E-state index contributed by atoms with van der Waals surface area (Å²) in [5, 5.41) is 0. The summed E-state index contributed by atoms with van der Waals surface area (Å²) in [5.74, 6) is 0.422. The summed E-state index contributed by atoms with van der Waals surface area (Å²) < 4.78 is 104. The van der Waals surface area contributed by atoms with Gasteiger partial charge in [-0.25, -0.2) is 25.3 Å². The van der Waals surface area contributed by atoms with Gasteiger partial charge in [-0.15, -0.1) is 0 Å². The Morgan fingerprint density at radius 2 is 0.897 bits per heavy atom. The van der Waals surface area contributed by atoms with Crippen molar-refractivity contribution in [3.63, 3.8) is 0 Å². The fraction of sp³-hybridized carbons (Fsp3) is 0.600. The molecule has 1 N–H and O–H groups in total. The molecule has 0 atom stereocenters. The van der Waals surface area contributed by atoms with Gasteiger partial charge in [0, 0.05) is 46.0 Å². The van der Waals surface area contributed by atoms with Gasteiger partial charge in [0.05, 0.1) is 53.3 Å². The van der Waals surface area contributed by atoms with Crippen LogP contribution in [-0.2, 0) is 75.0 Å². The van der Waals surface area contributed by atoms with Crippen LogP contribution < -0.4 is 4.90 Å². The number of Topliss-reactive ketones (excluding diaryl/α,β-unsaturated/α-hetero) is 2. The van der Waals surface area contributed by atoms with Gasteiger partial charge in [-0.3, -0.25) is 27.0 Å². The maximum absolute atomic E-state index is 12.8. The highest BCUT2D eigenvalue weighted by atomic mass is 32.3. The molecule has 58 heavy (non-hydrogen) atoms. The molecule has 0 unspecified atom stereocenters. The van der Waals surface area contributed by atoms with E-state index in [1.165, 1.54) is 14.7 Å². The predicted molar refractivity (Wildman–Crippen MR) is 219 cm³/mol. The number of benzene rings is 2. The second kappa shape index (κ2) is 25.6. The molecule has 2 aliphatic rings. The maximum atomic E-state index is 12.8. The Kier molecular flexibility index (Phi) is 24.7. The molecule has 0 amide bonds. The molecule has 2 saturated heterocycles. The first-order chi connectivity index (χ1) is 26.5. The molecule has 0 radical (unpaired) electrons. The van der Waals surface area contributed by atoms with Crippen LogP contribution in [0.4, 0.5) is 0 Å². The largest absolute Gasteiger partial charge is 0.726 e. The van der Waals surface area contributed by atoms with Crippen molar-refractivity contribution in [3.8, 4) is 0 Å². The Morgan fingerprint density at radius 1 is 0.603 bits per heavy atom. The minimum Gasteiger partial charge on any atom is -0.726 e. The van der Waals surface area contributed by atoms with E-state index in [-0.39, 0.29) is 38.9 Å². The van der Waals surface area contributed by atoms with Crippen LogP contribution in [0.3, 0.4) is 0 Å². The van der Waals surface area contributed by atoms with Gasteiger partial charge in [-0.2, -0.15) is 0 Å². The molecule has 2 heterocycles. The van der Waals surface area contributed by atoms with Crippen molar-refractivity contribution in [3.05, 3.63) is 59.7 Å². The van der Waals surface area contributed by atoms with Crippen LogP contribution in [0.15, 0.2) is 58.3 Å². The summed E-state index contributed by atoms with van der Waals surface area (Å²) in [6.07, 6.45) is 8.76. The van der Waals surface area contributed by atoms with E-state index in [0.717, 1.165) is 71.8 Å². The molecular formula is C35H58N2O16S5. The summed E-state index contributed by atoms with van der Waals surface area (Å²) >= 11 is 0. The van der Waals surface area contributed by atoms with Crippen LogP contribution in [0.25, 0.3) is 0 Å². The molecule has 334 valence electrons. The minimum atomic E-state index is -4.41. The monoisotopic (exact) mass is 922 g/mol. The first-order valence-corrected chi connectivity index (χ1v) is 25.4. The topological polar surface area (TPSA) is 260 Å². The van der Waals surface area contributed by atoms with Gasteiger partial charge in [-0.1, -0.05) is 0 Å². The summed E-state index contributed by atoms with van der Waals surface area (Å²) in [6.45, 7) is 14.5. The zero-order chi connectivity index (χ0) is 45.1. The highest BCUT2D eigenvalue weighted by molar-refractivity contribution is 7.95. The molecule has 0 saturated carbocycles. The number of nitrogens with zero attached hydrogens (tertiary/aromatic N) is 1. The van der Waals surface area contributed by atoms with Gasteiger partial charge in [0.2, 0.25) is 37.0 Å². The SMILES string of the molecule is COS(=O)(=O)[O-].COS(=O)(=O)[O-].COS(=O)(=O)[O-].C[S+](C)c1ccc(C(=O)C(C)(C)N2CCOCC2)cc1.C[S+](C)c1ccc(C(=O)C(C)(C)[NH+]2CCOCC2)cc1. The molecule has 0 aliphatic carbocycles. The Hall–Kier alpha value is -2.07. The number of ketones is 2. The zero-order valence-corrected chi connectivity index (χ0v) is 38.9. The number of ether oxygens (including phenoxy) is 2. The third-order valence-corrected chi connectivity index (χ3v) is 12.3. The van der Waals surface area contributed by atoms with Crippen molar-refractivity contribution >= 4 is 64.6 Å². The van der Waals surface area contributed by atoms with Gasteiger partial charge < -0.3 is 28.0 Å². The summed E-state index contributed by atoms with van der Waals surface area (Å²) in [5.41, 5.74) is 0.774. The number of morpholine rings is 2. The fourth-order valence-corrected chi connectivity index (χ4v) is 6.50. The van der Waals surface area contributed by atoms with E-state index in [1.54, 1.807) is 0 Å². The van der Waals surface area contributed by atoms with E-state index in [2.05, 4.69) is 66.7 Å². The van der Waals surface area contributed by atoms with Crippen molar-refractivity contribution in [1.82, 2.24) is 4.90 Å². The van der Waals surface area contributed by atoms with Crippen molar-refractivity contribution in [2.75, 3.05) is 99.0 Å². The van der Waals surface area contributed by atoms with E-state index in [4.69, 9.17) is 9.47 Å². The molecule has 2 aromatic rings. The fourth-order valence-electron chi connectivity index (χ4n) is 5.14. The van der Waals surface area contributed by atoms with Crippen molar-refractivity contribution in [2.45, 2.75) is 48.6 Å². The molecule has 23 heteroatoms. The number of quaternary nitrogens is 1. The average molecular weight is 923 g/mol. The van der Waals surface area contributed by atoms with E-state index in [9.17, 15) is 48.5 Å². The van der Waals surface area contributed by atoms with Gasteiger partial charge in [0.1, 0.15) is 38.1 Å². The highest BCUT2D eigenvalue weighted by Gasteiger charge is 2.40. The zero-order valence-electron chi connectivity index (χ0n) is 34.8. The van der Waals surface area contributed by atoms with Crippen molar-refractivity contribution in [2.24, 2.45) is 0 Å². The Bertz CT molecular complexity index is 1690. The number of nitrogens with one attached hydrogen (secondary N) is 1. The molecule has 2 aromatic carbocycles. The molecular weight excluding hydrogens is 865 g/mol. The van der Waals surface area contributed by atoms with Gasteiger partial charge in [0.15, 0.2) is 21.1 Å². The first kappa shape index (κ1) is 55.9. The van der Waals surface area contributed by atoms with E-state index in [1.807, 2.05) is 52.0 Å². The molecule has 4 rings (SSSR count). The lowest BCUT2D eigenvalue weighted by Gasteiger charge is -2.39. The first-order valence-electron chi connectivity index (χ1n) is 17.3. The quantitative estimate of drug-likeness (QED) is 0.138. The van der Waals surface area contributed by atoms with Crippen LogP contribution in [0, 0.1) is 0 Å². The number of hydrogen-bond donors (Lipinski definition) is 1. The van der Waals surface area contributed by atoms with Crippen molar-refractivity contribution in [1.29, 1.82) is 0 Å². The van der Waals surface area contributed by atoms with Crippen LogP contribution in [0.1, 0.15) is 48.4 Å². The second-order valence-electron chi connectivity index (χ2n) is 13.6. The summed E-state index contributed by atoms with van der Waals surface area (Å²) in [7, 11) is -10.3. The number of carbonyl (C=O) groups is 2. The molecule has 2 fully saturated rings. The Labute approximate surface area is 350 Å². The standard InChI is InChI=1S/2C16H24NO2S.3CH4O4S/c2*1-16(2,17-9-11-19-12-10-17)15(18)13-5-7-14(8-6-13)20(3)4;3*1-5-6(2,3)4/h2*5-8H,9-12H2,1-4H3;3*1H3,(H,2,3,4)/q2*+1;;;/p-2. The van der Waals surface area contributed by atoms with Crippen molar-refractivity contribution < 1.29 is 75.4 Å². The van der Waals surface area contributed by atoms with Crippen LogP contribution in [0.2, 0.25) is 0 Å². The van der Waals surface area contributed by atoms with E-state index in [0.29, 0.717) is 13.2 Å². The molecule has 18 nitrogen and oxygen atoms in total. The third-order valence-electron chi connectivity index (χ3n) is 8.69. The summed E-state index contributed by atoms with van der Waals surface area (Å²) in [6, 6.07) is 16.2. The number of rotatable bonds is 11. The Balaban J connectivity index is 0.000000794.